The minimum absolute atomic E-state index is 0.0647. The van der Waals surface area contributed by atoms with Crippen LogP contribution in [0.25, 0.3) is 11.3 Å². The zero-order valence-corrected chi connectivity index (χ0v) is 22.0. The van der Waals surface area contributed by atoms with Crippen LogP contribution in [0.1, 0.15) is 51.9 Å². The predicted octanol–water partition coefficient (Wildman–Crippen LogP) is 3.93. The number of ether oxygens (including phenoxy) is 1. The number of hydrogen-bond donors (Lipinski definition) is 5. The molecule has 3 heterocycles. The SMILES string of the molecule is C[C@@H](CC(O)O)NC1CCC(Nc2cc(-c3cccc(NCC4(C#N)CCOCC4)n3)c(Cl)cn2)CC1. The second-order valence-electron chi connectivity index (χ2n) is 10.3. The molecule has 2 aliphatic rings. The monoisotopic (exact) mass is 528 g/mol. The van der Waals surface area contributed by atoms with E-state index in [2.05, 4.69) is 27.0 Å². The molecule has 0 aromatic carbocycles. The molecule has 1 aliphatic heterocycles. The van der Waals surface area contributed by atoms with Gasteiger partial charge >= 0.3 is 0 Å². The Bertz CT molecular complexity index is 1060. The van der Waals surface area contributed by atoms with Crippen molar-refractivity contribution in [1.29, 1.82) is 5.26 Å². The molecule has 37 heavy (non-hydrogen) atoms. The third-order valence-corrected chi connectivity index (χ3v) is 7.64. The first-order valence-corrected chi connectivity index (χ1v) is 13.5. The van der Waals surface area contributed by atoms with Crippen LogP contribution in [0, 0.1) is 16.7 Å². The second-order valence-corrected chi connectivity index (χ2v) is 10.7. The van der Waals surface area contributed by atoms with E-state index in [1.807, 2.05) is 31.2 Å². The molecule has 0 radical (unpaired) electrons. The van der Waals surface area contributed by atoms with Crippen LogP contribution in [-0.2, 0) is 4.74 Å². The summed E-state index contributed by atoms with van der Waals surface area (Å²) >= 11 is 6.52. The number of anilines is 2. The van der Waals surface area contributed by atoms with E-state index in [1.165, 1.54) is 0 Å². The Morgan fingerprint density at radius 2 is 1.89 bits per heavy atom. The van der Waals surface area contributed by atoms with Gasteiger partial charge in [-0.1, -0.05) is 17.7 Å². The molecule has 2 fully saturated rings. The summed E-state index contributed by atoms with van der Waals surface area (Å²) < 4.78 is 5.43. The number of rotatable bonds is 10. The van der Waals surface area contributed by atoms with E-state index in [-0.39, 0.29) is 6.04 Å². The Kier molecular flexibility index (Phi) is 9.57. The Hall–Kier alpha value is -2.48. The summed E-state index contributed by atoms with van der Waals surface area (Å²) in [6, 6.07) is 10.9. The average molecular weight is 529 g/mol. The fraction of sp³-hybridized carbons (Fsp3) is 0.593. The van der Waals surface area contributed by atoms with Gasteiger partial charge in [-0.2, -0.15) is 5.26 Å². The summed E-state index contributed by atoms with van der Waals surface area (Å²) in [4.78, 5) is 9.26. The number of aromatic nitrogens is 2. The molecule has 9 nitrogen and oxygen atoms in total. The van der Waals surface area contributed by atoms with Crippen LogP contribution in [0.2, 0.25) is 5.02 Å². The predicted molar refractivity (Wildman–Crippen MR) is 144 cm³/mol. The van der Waals surface area contributed by atoms with Crippen LogP contribution in [0.4, 0.5) is 11.6 Å². The van der Waals surface area contributed by atoms with E-state index < -0.39 is 11.7 Å². The highest BCUT2D eigenvalue weighted by Crippen LogP contribution is 2.32. The summed E-state index contributed by atoms with van der Waals surface area (Å²) in [5.41, 5.74) is 1.11. The number of pyridine rings is 2. The summed E-state index contributed by atoms with van der Waals surface area (Å²) in [5, 5.41) is 39.0. The number of nitriles is 1. The molecule has 0 amide bonds. The Morgan fingerprint density at radius 1 is 1.16 bits per heavy atom. The zero-order valence-electron chi connectivity index (χ0n) is 21.3. The van der Waals surface area contributed by atoms with E-state index in [4.69, 9.17) is 31.5 Å². The fourth-order valence-electron chi connectivity index (χ4n) is 5.15. The van der Waals surface area contributed by atoms with Gasteiger partial charge < -0.3 is 30.9 Å². The van der Waals surface area contributed by atoms with Gasteiger partial charge in [0.2, 0.25) is 0 Å². The molecular formula is C27H37ClN6O3. The topological polar surface area (TPSA) is 135 Å². The molecule has 10 heteroatoms. The second kappa shape index (κ2) is 12.9. The molecule has 2 aromatic heterocycles. The third kappa shape index (κ3) is 7.76. The van der Waals surface area contributed by atoms with Crippen molar-refractivity contribution in [3.8, 4) is 17.3 Å². The van der Waals surface area contributed by atoms with Crippen molar-refractivity contribution >= 4 is 23.2 Å². The first-order chi connectivity index (χ1) is 17.9. The molecule has 1 atom stereocenters. The van der Waals surface area contributed by atoms with Crippen LogP contribution < -0.4 is 16.0 Å². The maximum atomic E-state index is 9.72. The van der Waals surface area contributed by atoms with Gasteiger partial charge in [-0.3, -0.25) is 0 Å². The highest BCUT2D eigenvalue weighted by atomic mass is 35.5. The van der Waals surface area contributed by atoms with E-state index in [9.17, 15) is 5.26 Å². The summed E-state index contributed by atoms with van der Waals surface area (Å²) in [7, 11) is 0. The van der Waals surface area contributed by atoms with E-state index in [1.54, 1.807) is 6.20 Å². The molecule has 4 rings (SSSR count). The molecule has 0 spiro atoms. The molecular weight excluding hydrogens is 492 g/mol. The molecule has 2 aromatic rings. The molecule has 1 saturated carbocycles. The number of aliphatic hydroxyl groups excluding tert-OH is 1. The molecule has 200 valence electrons. The largest absolute Gasteiger partial charge is 0.381 e. The third-order valence-electron chi connectivity index (χ3n) is 7.34. The van der Waals surface area contributed by atoms with Gasteiger partial charge in [0.25, 0.3) is 0 Å². The van der Waals surface area contributed by atoms with Gasteiger partial charge in [-0.05, 0) is 63.6 Å². The Morgan fingerprint density at radius 3 is 2.59 bits per heavy atom. The minimum atomic E-state index is -1.28. The van der Waals surface area contributed by atoms with E-state index in [0.29, 0.717) is 61.9 Å². The first kappa shape index (κ1) is 27.6. The highest BCUT2D eigenvalue weighted by Gasteiger charge is 2.32. The van der Waals surface area contributed by atoms with E-state index in [0.717, 1.165) is 42.8 Å². The summed E-state index contributed by atoms with van der Waals surface area (Å²) in [6.45, 7) is 3.72. The van der Waals surface area contributed by atoms with Crippen LogP contribution in [0.15, 0.2) is 30.5 Å². The van der Waals surface area contributed by atoms with Crippen molar-refractivity contribution in [2.75, 3.05) is 30.4 Å². The van der Waals surface area contributed by atoms with Crippen molar-refractivity contribution in [2.45, 2.75) is 76.3 Å². The number of halogens is 1. The zero-order chi connectivity index (χ0) is 26.3. The lowest BCUT2D eigenvalue weighted by atomic mass is 9.82. The van der Waals surface area contributed by atoms with Gasteiger partial charge in [0.1, 0.15) is 11.6 Å². The molecule has 1 aliphatic carbocycles. The first-order valence-electron chi connectivity index (χ1n) is 13.1. The van der Waals surface area contributed by atoms with Gasteiger partial charge in [-0.15, -0.1) is 0 Å². The van der Waals surface area contributed by atoms with E-state index >= 15 is 0 Å². The van der Waals surface area contributed by atoms with Crippen LogP contribution in [0.3, 0.4) is 0 Å². The summed E-state index contributed by atoms with van der Waals surface area (Å²) in [5.74, 6) is 1.47. The molecule has 0 unspecified atom stereocenters. The maximum absolute atomic E-state index is 9.72. The fourth-order valence-corrected chi connectivity index (χ4v) is 5.35. The van der Waals surface area contributed by atoms with Gasteiger partial charge in [0, 0.05) is 56.1 Å². The Balaban J connectivity index is 1.36. The van der Waals surface area contributed by atoms with Crippen LogP contribution in [-0.4, -0.2) is 64.4 Å². The summed E-state index contributed by atoms with van der Waals surface area (Å²) in [6.07, 6.45) is 6.14. The Labute approximate surface area is 223 Å². The quantitative estimate of drug-likeness (QED) is 0.290. The van der Waals surface area contributed by atoms with Gasteiger partial charge in [0.15, 0.2) is 6.29 Å². The number of hydrogen-bond acceptors (Lipinski definition) is 9. The molecule has 0 bridgehead atoms. The molecule has 5 N–H and O–H groups in total. The van der Waals surface area contributed by atoms with Crippen LogP contribution in [0.5, 0.6) is 0 Å². The number of nitrogens with one attached hydrogen (secondary N) is 3. The lowest BCUT2D eigenvalue weighted by molar-refractivity contribution is -0.0511. The standard InChI is InChI=1S/C27H37ClN6O3/c1-18(13-26(35)36)32-19-5-7-20(8-6-19)33-25-14-21(22(28)15-30-25)23-3-2-4-24(34-23)31-17-27(16-29)9-11-37-12-10-27/h2-4,14-15,18-20,26,32,35-36H,5-13,17H2,1H3,(H,30,33)(H,31,34)/t18-,19?,20?/m0/s1. The highest BCUT2D eigenvalue weighted by molar-refractivity contribution is 6.33. The van der Waals surface area contributed by atoms with Crippen molar-refractivity contribution in [1.82, 2.24) is 15.3 Å². The number of aliphatic hydroxyl groups is 2. The maximum Gasteiger partial charge on any atom is 0.152 e. The normalized spacial score (nSPS) is 22.3. The van der Waals surface area contributed by atoms with Crippen molar-refractivity contribution in [2.24, 2.45) is 5.41 Å². The van der Waals surface area contributed by atoms with Crippen LogP contribution >= 0.6 is 11.6 Å². The average Bonchev–Trinajstić information content (AvgIpc) is 2.90. The molecule has 1 saturated heterocycles. The lowest BCUT2D eigenvalue weighted by Crippen LogP contribution is -2.42. The van der Waals surface area contributed by atoms with Crippen molar-refractivity contribution in [3.05, 3.63) is 35.5 Å². The minimum Gasteiger partial charge on any atom is -0.381 e. The number of nitrogens with zero attached hydrogens (tertiary/aromatic N) is 3. The van der Waals surface area contributed by atoms with Gasteiger partial charge in [-0.25, -0.2) is 9.97 Å². The smallest absolute Gasteiger partial charge is 0.152 e. The van der Waals surface area contributed by atoms with Crippen molar-refractivity contribution in [3.63, 3.8) is 0 Å². The lowest BCUT2D eigenvalue weighted by Gasteiger charge is -2.32. The van der Waals surface area contributed by atoms with Crippen molar-refractivity contribution < 1.29 is 14.9 Å². The van der Waals surface area contributed by atoms with Gasteiger partial charge in [0.05, 0.1) is 22.2 Å².